The van der Waals surface area contributed by atoms with Gasteiger partial charge in [0.2, 0.25) is 0 Å². The van der Waals surface area contributed by atoms with Gasteiger partial charge in [-0.1, -0.05) is 23.7 Å². The third-order valence-electron chi connectivity index (χ3n) is 3.47. The average Bonchev–Trinajstić information content (AvgIpc) is 2.41. The molecule has 0 N–H and O–H groups in total. The summed E-state index contributed by atoms with van der Waals surface area (Å²) in [5.74, 6) is 0. The molecule has 1 aromatic rings. The third-order valence-corrected chi connectivity index (χ3v) is 3.47. The van der Waals surface area contributed by atoms with Crippen LogP contribution in [0.2, 0.25) is 0 Å². The summed E-state index contributed by atoms with van der Waals surface area (Å²) in [5, 5.41) is 0. The number of hydrogen-bond acceptors (Lipinski definition) is 0. The van der Waals surface area contributed by atoms with Crippen LogP contribution in [0.5, 0.6) is 0 Å². The molecule has 0 aliphatic heterocycles. The Labute approximate surface area is 138 Å². The lowest BCUT2D eigenvalue weighted by molar-refractivity contribution is -0.144. The quantitative estimate of drug-likeness (QED) is 0.399. The van der Waals surface area contributed by atoms with Crippen molar-refractivity contribution in [1.29, 1.82) is 0 Å². The van der Waals surface area contributed by atoms with Crippen molar-refractivity contribution in [2.24, 2.45) is 0 Å². The van der Waals surface area contributed by atoms with Gasteiger partial charge in [-0.25, -0.2) is 0 Å². The Morgan fingerprint density at radius 1 is 0.667 bits per heavy atom. The van der Waals surface area contributed by atoms with Crippen LogP contribution in [-0.2, 0) is 31.6 Å². The number of rotatable bonds is 6. The van der Waals surface area contributed by atoms with Crippen molar-refractivity contribution in [3.05, 3.63) is 65.8 Å². The molecule has 0 nitrogen and oxygen atoms in total. The van der Waals surface area contributed by atoms with Crippen molar-refractivity contribution in [3.8, 4) is 0 Å². The van der Waals surface area contributed by atoms with Gasteiger partial charge in [0.25, 0.3) is 0 Å². The van der Waals surface area contributed by atoms with Gasteiger partial charge in [-0.05, 0) is 36.0 Å². The summed E-state index contributed by atoms with van der Waals surface area (Å²) in [6.45, 7) is 9.98. The second kappa shape index (κ2) is 7.32. The van der Waals surface area contributed by atoms with Crippen LogP contribution in [-0.4, -0.2) is 7.85 Å². The molecular formula is C17H15BF6. The first-order valence-corrected chi connectivity index (χ1v) is 6.93. The van der Waals surface area contributed by atoms with Crippen LogP contribution in [0.3, 0.4) is 0 Å². The van der Waals surface area contributed by atoms with Gasteiger partial charge in [0.1, 0.15) is 7.85 Å². The van der Waals surface area contributed by atoms with E-state index in [1.165, 1.54) is 12.2 Å². The fourth-order valence-electron chi connectivity index (χ4n) is 2.69. The molecule has 24 heavy (non-hydrogen) atoms. The molecule has 128 valence electrons. The number of halogens is 6. The maximum atomic E-state index is 13.5. The van der Waals surface area contributed by atoms with Crippen LogP contribution < -0.4 is 5.46 Å². The van der Waals surface area contributed by atoms with E-state index in [1.54, 1.807) is 0 Å². The molecule has 0 amide bonds. The van der Waals surface area contributed by atoms with Gasteiger partial charge in [-0.3, -0.25) is 0 Å². The summed E-state index contributed by atoms with van der Waals surface area (Å²) in [7, 11) is 5.69. The number of benzene rings is 1. The van der Waals surface area contributed by atoms with E-state index in [0.717, 1.165) is 6.08 Å². The van der Waals surface area contributed by atoms with Gasteiger partial charge in [-0.2, -0.15) is 26.3 Å². The number of allylic oxidation sites excluding steroid dienone is 3. The predicted octanol–water partition coefficient (Wildman–Crippen LogP) is 4.70. The van der Waals surface area contributed by atoms with Gasteiger partial charge in [0.15, 0.2) is 0 Å². The molecule has 0 atom stereocenters. The van der Waals surface area contributed by atoms with Crippen molar-refractivity contribution >= 4 is 13.3 Å². The SMILES string of the molecule is [B]c1c(CC=C)c(C(F)(F)F)c(CC=C)c(C(F)(F)F)c1CC=C. The molecule has 7 heteroatoms. The summed E-state index contributed by atoms with van der Waals surface area (Å²) in [4.78, 5) is 0. The topological polar surface area (TPSA) is 0 Å². The highest BCUT2D eigenvalue weighted by Crippen LogP contribution is 2.43. The molecule has 0 saturated heterocycles. The van der Waals surface area contributed by atoms with E-state index < -0.39 is 52.1 Å². The molecule has 0 unspecified atom stereocenters. The molecule has 1 rings (SSSR count). The summed E-state index contributed by atoms with van der Waals surface area (Å²) in [6.07, 6.45) is -7.81. The first-order chi connectivity index (χ1) is 11.0. The van der Waals surface area contributed by atoms with Gasteiger partial charge in [-0.15, -0.1) is 19.7 Å². The summed E-state index contributed by atoms with van der Waals surface area (Å²) < 4.78 is 81.1. The van der Waals surface area contributed by atoms with Gasteiger partial charge < -0.3 is 0 Å². The largest absolute Gasteiger partial charge is 0.416 e. The van der Waals surface area contributed by atoms with Crippen LogP contribution >= 0.6 is 0 Å². The summed E-state index contributed by atoms with van der Waals surface area (Å²) >= 11 is 0. The lowest BCUT2D eigenvalue weighted by atomic mass is 9.75. The highest BCUT2D eigenvalue weighted by atomic mass is 19.4. The Balaban J connectivity index is 4.12. The molecule has 2 radical (unpaired) electrons. The fraction of sp³-hybridized carbons (Fsp3) is 0.294. The molecular weight excluding hydrogens is 329 g/mol. The van der Waals surface area contributed by atoms with Crippen molar-refractivity contribution in [3.63, 3.8) is 0 Å². The van der Waals surface area contributed by atoms with Crippen LogP contribution in [0.25, 0.3) is 0 Å². The van der Waals surface area contributed by atoms with Crippen LogP contribution in [0.15, 0.2) is 38.0 Å². The van der Waals surface area contributed by atoms with Crippen LogP contribution in [0.1, 0.15) is 27.8 Å². The average molecular weight is 344 g/mol. The van der Waals surface area contributed by atoms with E-state index in [1.807, 2.05) is 0 Å². The lowest BCUT2D eigenvalue weighted by Gasteiger charge is -2.27. The molecule has 1 aromatic carbocycles. The smallest absolute Gasteiger partial charge is 0.166 e. The highest BCUT2D eigenvalue weighted by Gasteiger charge is 2.44. The Bertz CT molecular complexity index is 604. The van der Waals surface area contributed by atoms with Crippen molar-refractivity contribution in [2.75, 3.05) is 0 Å². The Morgan fingerprint density at radius 3 is 1.21 bits per heavy atom. The van der Waals surface area contributed by atoms with Gasteiger partial charge in [0.05, 0.1) is 11.1 Å². The fourth-order valence-corrected chi connectivity index (χ4v) is 2.69. The zero-order chi connectivity index (χ0) is 18.7. The molecule has 0 fully saturated rings. The monoisotopic (exact) mass is 344 g/mol. The molecule has 0 saturated carbocycles. The Morgan fingerprint density at radius 2 is 0.958 bits per heavy atom. The second-order valence-corrected chi connectivity index (χ2v) is 5.07. The first kappa shape index (κ1) is 20.1. The van der Waals surface area contributed by atoms with E-state index in [0.29, 0.717) is 0 Å². The lowest BCUT2D eigenvalue weighted by Crippen LogP contribution is -2.30. The van der Waals surface area contributed by atoms with E-state index in [-0.39, 0.29) is 12.8 Å². The Hall–Kier alpha value is -1.92. The van der Waals surface area contributed by atoms with E-state index in [9.17, 15) is 26.3 Å². The molecule has 0 aliphatic carbocycles. The van der Waals surface area contributed by atoms with Gasteiger partial charge in [0, 0.05) is 0 Å². The molecule has 0 spiro atoms. The second-order valence-electron chi connectivity index (χ2n) is 5.07. The molecule has 0 aliphatic rings. The van der Waals surface area contributed by atoms with Crippen molar-refractivity contribution in [1.82, 2.24) is 0 Å². The van der Waals surface area contributed by atoms with Gasteiger partial charge >= 0.3 is 12.4 Å². The zero-order valence-electron chi connectivity index (χ0n) is 12.8. The molecule has 0 aromatic heterocycles. The summed E-state index contributed by atoms with van der Waals surface area (Å²) in [5.41, 5.74) is -4.92. The molecule has 0 bridgehead atoms. The third kappa shape index (κ3) is 3.94. The minimum Gasteiger partial charge on any atom is -0.166 e. The normalized spacial score (nSPS) is 12.1. The highest BCUT2D eigenvalue weighted by molar-refractivity contribution is 6.34. The van der Waals surface area contributed by atoms with Crippen LogP contribution in [0, 0.1) is 0 Å². The van der Waals surface area contributed by atoms with Crippen LogP contribution in [0.4, 0.5) is 26.3 Å². The van der Waals surface area contributed by atoms with Crippen molar-refractivity contribution < 1.29 is 26.3 Å². The van der Waals surface area contributed by atoms with Crippen molar-refractivity contribution in [2.45, 2.75) is 31.6 Å². The number of alkyl halides is 6. The van der Waals surface area contributed by atoms with E-state index in [4.69, 9.17) is 7.85 Å². The molecule has 0 heterocycles. The summed E-state index contributed by atoms with van der Waals surface area (Å²) in [6, 6.07) is 0. The predicted molar refractivity (Wildman–Crippen MR) is 83.5 cm³/mol. The first-order valence-electron chi connectivity index (χ1n) is 6.93. The standard InChI is InChI=1S/C17H15BF6/c1-4-7-10-13(16(19,20)21)11(8-5-2)15(18)12(9-6-3)14(10)17(22,23)24/h4-6H,1-3,7-9H2. The minimum absolute atomic E-state index is 0.299. The Kier molecular flexibility index (Phi) is 6.14. The number of hydrogen-bond donors (Lipinski definition) is 0. The maximum Gasteiger partial charge on any atom is 0.416 e. The van der Waals surface area contributed by atoms with E-state index in [2.05, 4.69) is 19.7 Å². The maximum absolute atomic E-state index is 13.5. The zero-order valence-corrected chi connectivity index (χ0v) is 12.8. The minimum atomic E-state index is -4.99. The van der Waals surface area contributed by atoms with E-state index >= 15 is 0 Å².